The first-order valence-electron chi connectivity index (χ1n) is 6.28. The molecule has 0 bridgehead atoms. The molecule has 0 aromatic heterocycles. The zero-order chi connectivity index (χ0) is 15.3. The monoisotopic (exact) mass is 280 g/mol. The van der Waals surface area contributed by atoms with E-state index in [-0.39, 0.29) is 12.5 Å². The van der Waals surface area contributed by atoms with Crippen LogP contribution in [0.5, 0.6) is 0 Å². The Morgan fingerprint density at radius 1 is 1.30 bits per heavy atom. The number of carbonyl (C=O) groups excluding carboxylic acids is 2. The topological polar surface area (TPSA) is 89.9 Å². The fourth-order valence-corrected chi connectivity index (χ4v) is 1.62. The predicted molar refractivity (Wildman–Crippen MR) is 74.5 cm³/mol. The van der Waals surface area contributed by atoms with E-state index in [1.54, 1.807) is 32.3 Å². The van der Waals surface area contributed by atoms with Gasteiger partial charge < -0.3 is 20.4 Å². The molecule has 0 unspecified atom stereocenters. The maximum Gasteiger partial charge on any atom is 0.253 e. The summed E-state index contributed by atoms with van der Waals surface area (Å²) in [5.74, 6) is -0.646. The van der Waals surface area contributed by atoms with Crippen LogP contribution in [0.1, 0.15) is 27.6 Å². The van der Waals surface area contributed by atoms with Gasteiger partial charge in [0.05, 0.1) is 18.8 Å². The van der Waals surface area contributed by atoms with E-state index < -0.39 is 18.1 Å². The quantitative estimate of drug-likeness (QED) is 0.700. The average molecular weight is 280 g/mol. The Morgan fingerprint density at radius 3 is 2.40 bits per heavy atom. The van der Waals surface area contributed by atoms with E-state index in [0.717, 1.165) is 0 Å². The summed E-state index contributed by atoms with van der Waals surface area (Å²) < 4.78 is 0. The van der Waals surface area contributed by atoms with Gasteiger partial charge in [-0.15, -0.1) is 0 Å². The van der Waals surface area contributed by atoms with Gasteiger partial charge in [0.1, 0.15) is 0 Å². The number of hydrogen-bond donors (Lipinski definition) is 3. The largest absolute Gasteiger partial charge is 0.394 e. The van der Waals surface area contributed by atoms with Crippen molar-refractivity contribution >= 4 is 11.8 Å². The van der Waals surface area contributed by atoms with Crippen LogP contribution in [0, 0.1) is 0 Å². The van der Waals surface area contributed by atoms with Crippen molar-refractivity contribution in [2.75, 3.05) is 20.7 Å². The van der Waals surface area contributed by atoms with Crippen molar-refractivity contribution in [3.63, 3.8) is 0 Å². The number of hydrogen-bond acceptors (Lipinski definition) is 4. The van der Waals surface area contributed by atoms with Crippen LogP contribution in [-0.4, -0.2) is 59.8 Å². The lowest BCUT2D eigenvalue weighted by atomic mass is 10.1. The molecule has 2 atom stereocenters. The SMILES string of the molecule is C[C@@H](O)[C@@H](CO)NC(=O)c1cccc(C(=O)N(C)C)c1. The summed E-state index contributed by atoms with van der Waals surface area (Å²) in [6.07, 6.45) is -0.865. The third-order valence-electron chi connectivity index (χ3n) is 2.87. The van der Waals surface area contributed by atoms with Crippen LogP contribution < -0.4 is 5.32 Å². The van der Waals surface area contributed by atoms with Gasteiger partial charge in [0.25, 0.3) is 11.8 Å². The molecule has 6 nitrogen and oxygen atoms in total. The number of rotatable bonds is 5. The van der Waals surface area contributed by atoms with E-state index in [4.69, 9.17) is 5.11 Å². The maximum atomic E-state index is 12.0. The lowest BCUT2D eigenvalue weighted by Crippen LogP contribution is -2.44. The Bertz CT molecular complexity index is 486. The number of nitrogens with zero attached hydrogens (tertiary/aromatic N) is 1. The summed E-state index contributed by atoms with van der Waals surface area (Å²) in [4.78, 5) is 25.2. The molecule has 1 aromatic carbocycles. The Morgan fingerprint density at radius 2 is 1.90 bits per heavy atom. The van der Waals surface area contributed by atoms with Crippen LogP contribution in [0.15, 0.2) is 24.3 Å². The van der Waals surface area contributed by atoms with Gasteiger partial charge in [0.15, 0.2) is 0 Å². The first-order valence-corrected chi connectivity index (χ1v) is 6.28. The highest BCUT2D eigenvalue weighted by atomic mass is 16.3. The van der Waals surface area contributed by atoms with Crippen LogP contribution >= 0.6 is 0 Å². The molecule has 2 amide bonds. The third kappa shape index (κ3) is 4.04. The summed E-state index contributed by atoms with van der Waals surface area (Å²) >= 11 is 0. The summed E-state index contributed by atoms with van der Waals surface area (Å²) in [5.41, 5.74) is 0.706. The smallest absolute Gasteiger partial charge is 0.253 e. The van der Waals surface area contributed by atoms with E-state index >= 15 is 0 Å². The van der Waals surface area contributed by atoms with Gasteiger partial charge in [-0.25, -0.2) is 0 Å². The van der Waals surface area contributed by atoms with Gasteiger partial charge in [-0.3, -0.25) is 9.59 Å². The van der Waals surface area contributed by atoms with Crippen LogP contribution in [0.3, 0.4) is 0 Å². The molecule has 0 spiro atoms. The molecule has 0 aliphatic carbocycles. The number of aliphatic hydroxyl groups is 2. The van der Waals surface area contributed by atoms with E-state index in [1.807, 2.05) is 0 Å². The minimum atomic E-state index is -0.865. The molecule has 3 N–H and O–H groups in total. The minimum absolute atomic E-state index is 0.200. The molecule has 0 heterocycles. The van der Waals surface area contributed by atoms with Crippen molar-refractivity contribution in [3.05, 3.63) is 35.4 Å². The number of carbonyl (C=O) groups is 2. The Balaban J connectivity index is 2.89. The van der Waals surface area contributed by atoms with Gasteiger partial charge >= 0.3 is 0 Å². The predicted octanol–water partition coefficient (Wildman–Crippen LogP) is -0.140. The highest BCUT2D eigenvalue weighted by molar-refractivity contribution is 5.99. The molecule has 1 aromatic rings. The van der Waals surface area contributed by atoms with Gasteiger partial charge in [0.2, 0.25) is 0 Å². The van der Waals surface area contributed by atoms with Crippen molar-refractivity contribution in [1.82, 2.24) is 10.2 Å². The lowest BCUT2D eigenvalue weighted by molar-refractivity contribution is 0.0758. The number of nitrogens with one attached hydrogen (secondary N) is 1. The minimum Gasteiger partial charge on any atom is -0.394 e. The summed E-state index contributed by atoms with van der Waals surface area (Å²) in [5, 5.41) is 21.0. The molecule has 0 radical (unpaired) electrons. The fraction of sp³-hybridized carbons (Fsp3) is 0.429. The van der Waals surface area contributed by atoms with Crippen molar-refractivity contribution in [2.45, 2.75) is 19.1 Å². The van der Waals surface area contributed by atoms with Crippen LogP contribution in [0.25, 0.3) is 0 Å². The van der Waals surface area contributed by atoms with Crippen molar-refractivity contribution in [1.29, 1.82) is 0 Å². The zero-order valence-electron chi connectivity index (χ0n) is 11.8. The Hall–Kier alpha value is -1.92. The Kier molecular flexibility index (Phi) is 5.66. The number of benzene rings is 1. The second kappa shape index (κ2) is 7.02. The van der Waals surface area contributed by atoms with Crippen molar-refractivity contribution in [3.8, 4) is 0 Å². The van der Waals surface area contributed by atoms with Gasteiger partial charge in [-0.2, -0.15) is 0 Å². The normalized spacial score (nSPS) is 13.4. The van der Waals surface area contributed by atoms with E-state index in [0.29, 0.717) is 11.1 Å². The molecule has 110 valence electrons. The third-order valence-corrected chi connectivity index (χ3v) is 2.87. The second-order valence-electron chi connectivity index (χ2n) is 4.78. The van der Waals surface area contributed by atoms with Crippen molar-refractivity contribution in [2.24, 2.45) is 0 Å². The molecule has 0 saturated carbocycles. The van der Waals surface area contributed by atoms with E-state index in [2.05, 4.69) is 5.32 Å². The second-order valence-corrected chi connectivity index (χ2v) is 4.78. The van der Waals surface area contributed by atoms with E-state index in [1.165, 1.54) is 17.9 Å². The zero-order valence-corrected chi connectivity index (χ0v) is 11.8. The highest BCUT2D eigenvalue weighted by Gasteiger charge is 2.18. The van der Waals surface area contributed by atoms with Gasteiger partial charge in [-0.1, -0.05) is 6.07 Å². The molecule has 1 rings (SSSR count). The standard InChI is InChI=1S/C14H20N2O4/c1-9(18)12(8-17)15-13(19)10-5-4-6-11(7-10)14(20)16(2)3/h4-7,9,12,17-18H,8H2,1-3H3,(H,15,19)/t9-,12-/m1/s1. The molecular formula is C14H20N2O4. The van der Waals surface area contributed by atoms with Crippen molar-refractivity contribution < 1.29 is 19.8 Å². The van der Waals surface area contributed by atoms with Crippen LogP contribution in [0.2, 0.25) is 0 Å². The van der Waals surface area contributed by atoms with Gasteiger partial charge in [-0.05, 0) is 25.1 Å². The summed E-state index contributed by atoms with van der Waals surface area (Å²) in [6, 6.07) is 5.54. The van der Waals surface area contributed by atoms with Crippen LogP contribution in [-0.2, 0) is 0 Å². The number of amides is 2. The highest BCUT2D eigenvalue weighted by Crippen LogP contribution is 2.08. The fourth-order valence-electron chi connectivity index (χ4n) is 1.62. The first kappa shape index (κ1) is 16.1. The average Bonchev–Trinajstić information content (AvgIpc) is 2.43. The lowest BCUT2D eigenvalue weighted by Gasteiger charge is -2.19. The molecule has 0 saturated heterocycles. The first-order chi connectivity index (χ1) is 9.36. The number of aliphatic hydroxyl groups excluding tert-OH is 2. The Labute approximate surface area is 118 Å². The maximum absolute atomic E-state index is 12.0. The summed E-state index contributed by atoms with van der Waals surface area (Å²) in [6.45, 7) is 1.12. The van der Waals surface area contributed by atoms with Gasteiger partial charge in [0, 0.05) is 25.2 Å². The summed E-state index contributed by atoms with van der Waals surface area (Å²) in [7, 11) is 3.26. The molecule has 0 aliphatic heterocycles. The van der Waals surface area contributed by atoms with Crippen LogP contribution in [0.4, 0.5) is 0 Å². The van der Waals surface area contributed by atoms with E-state index in [9.17, 15) is 14.7 Å². The molecule has 6 heteroatoms. The molecular weight excluding hydrogens is 260 g/mol. The molecule has 20 heavy (non-hydrogen) atoms. The molecule has 0 aliphatic rings. The molecule has 0 fully saturated rings.